The van der Waals surface area contributed by atoms with Crippen molar-refractivity contribution in [2.75, 3.05) is 45.9 Å². The van der Waals surface area contributed by atoms with Gasteiger partial charge in [-0.2, -0.15) is 0 Å². The minimum Gasteiger partial charge on any atom is -0.450 e. The number of amides is 2. The highest BCUT2D eigenvalue weighted by molar-refractivity contribution is 5.79. The zero-order chi connectivity index (χ0) is 13.7. The molecule has 0 atom stereocenters. The molecular weight excluding hydrogens is 246 g/mol. The summed E-state index contributed by atoms with van der Waals surface area (Å²) in [4.78, 5) is 27.5. The monoisotopic (exact) mass is 269 g/mol. The van der Waals surface area contributed by atoms with E-state index in [2.05, 4.69) is 5.32 Å². The predicted octanol–water partition coefficient (Wildman–Crippen LogP) is 0.287. The SMILES string of the molecule is CCOC(=O)N1CCN(C(=O)C2CCNCC2)CC1. The third-order valence-electron chi connectivity index (χ3n) is 3.81. The Kier molecular flexibility index (Phi) is 5.01. The van der Waals surface area contributed by atoms with Gasteiger partial charge in [0.05, 0.1) is 6.61 Å². The summed E-state index contributed by atoms with van der Waals surface area (Å²) in [7, 11) is 0. The summed E-state index contributed by atoms with van der Waals surface area (Å²) >= 11 is 0. The van der Waals surface area contributed by atoms with E-state index < -0.39 is 0 Å². The largest absolute Gasteiger partial charge is 0.450 e. The summed E-state index contributed by atoms with van der Waals surface area (Å²) < 4.78 is 4.97. The van der Waals surface area contributed by atoms with E-state index in [4.69, 9.17) is 4.74 Å². The van der Waals surface area contributed by atoms with E-state index >= 15 is 0 Å². The van der Waals surface area contributed by atoms with Gasteiger partial charge in [0.1, 0.15) is 0 Å². The molecule has 0 saturated carbocycles. The molecule has 108 valence electrons. The van der Waals surface area contributed by atoms with Gasteiger partial charge in [-0.1, -0.05) is 0 Å². The van der Waals surface area contributed by atoms with E-state index in [0.717, 1.165) is 25.9 Å². The molecule has 1 N–H and O–H groups in total. The molecule has 0 aliphatic carbocycles. The van der Waals surface area contributed by atoms with Crippen LogP contribution in [-0.4, -0.2) is 67.7 Å². The minimum atomic E-state index is -0.267. The van der Waals surface area contributed by atoms with Gasteiger partial charge in [0, 0.05) is 32.1 Å². The number of carbonyl (C=O) groups is 2. The zero-order valence-electron chi connectivity index (χ0n) is 11.6. The topological polar surface area (TPSA) is 61.9 Å². The van der Waals surface area contributed by atoms with Crippen LogP contribution in [0.3, 0.4) is 0 Å². The third-order valence-corrected chi connectivity index (χ3v) is 3.81. The van der Waals surface area contributed by atoms with Crippen LogP contribution in [0.2, 0.25) is 0 Å². The Balaban J connectivity index is 1.79. The number of nitrogens with zero attached hydrogens (tertiary/aromatic N) is 2. The normalized spacial score (nSPS) is 21.3. The molecule has 2 heterocycles. The van der Waals surface area contributed by atoms with E-state index in [1.165, 1.54) is 0 Å². The summed E-state index contributed by atoms with van der Waals surface area (Å²) in [6.45, 7) is 6.47. The van der Waals surface area contributed by atoms with Crippen molar-refractivity contribution in [1.29, 1.82) is 0 Å². The quantitative estimate of drug-likeness (QED) is 0.782. The number of nitrogens with one attached hydrogen (secondary N) is 1. The van der Waals surface area contributed by atoms with E-state index in [-0.39, 0.29) is 17.9 Å². The molecule has 2 rings (SSSR count). The van der Waals surface area contributed by atoms with Crippen molar-refractivity contribution in [3.05, 3.63) is 0 Å². The number of rotatable bonds is 2. The highest BCUT2D eigenvalue weighted by Gasteiger charge is 2.29. The van der Waals surface area contributed by atoms with Gasteiger partial charge in [0.2, 0.25) is 5.91 Å². The Morgan fingerprint density at radius 1 is 1.11 bits per heavy atom. The van der Waals surface area contributed by atoms with Gasteiger partial charge in [-0.3, -0.25) is 4.79 Å². The number of piperazine rings is 1. The van der Waals surface area contributed by atoms with Crippen LogP contribution in [0.4, 0.5) is 4.79 Å². The lowest BCUT2D eigenvalue weighted by atomic mass is 9.96. The lowest BCUT2D eigenvalue weighted by Gasteiger charge is -2.36. The smallest absolute Gasteiger partial charge is 0.409 e. The lowest BCUT2D eigenvalue weighted by Crippen LogP contribution is -2.52. The van der Waals surface area contributed by atoms with E-state index in [1.54, 1.807) is 11.8 Å². The van der Waals surface area contributed by atoms with Gasteiger partial charge in [-0.25, -0.2) is 4.79 Å². The second kappa shape index (κ2) is 6.75. The molecule has 2 saturated heterocycles. The molecular formula is C13H23N3O3. The van der Waals surface area contributed by atoms with E-state index in [9.17, 15) is 9.59 Å². The summed E-state index contributed by atoms with van der Waals surface area (Å²) in [5, 5.41) is 3.27. The molecule has 19 heavy (non-hydrogen) atoms. The summed E-state index contributed by atoms with van der Waals surface area (Å²) in [5.41, 5.74) is 0. The number of hydrogen-bond donors (Lipinski definition) is 1. The first-order valence-corrected chi connectivity index (χ1v) is 7.13. The Hall–Kier alpha value is -1.30. The maximum atomic E-state index is 12.3. The molecule has 2 aliphatic heterocycles. The molecule has 2 amide bonds. The van der Waals surface area contributed by atoms with Crippen LogP contribution in [0.5, 0.6) is 0 Å². The first-order chi connectivity index (χ1) is 9.22. The Bertz CT molecular complexity index is 321. The molecule has 2 fully saturated rings. The number of carbonyl (C=O) groups excluding carboxylic acids is 2. The van der Waals surface area contributed by atoms with Gasteiger partial charge in [0.15, 0.2) is 0 Å². The summed E-state index contributed by atoms with van der Waals surface area (Å²) in [5.74, 6) is 0.417. The van der Waals surface area contributed by atoms with Crippen LogP contribution in [0.1, 0.15) is 19.8 Å². The van der Waals surface area contributed by atoms with E-state index in [1.807, 2.05) is 4.90 Å². The Labute approximate surface area is 114 Å². The second-order valence-corrected chi connectivity index (χ2v) is 5.04. The van der Waals surface area contributed by atoms with Gasteiger partial charge >= 0.3 is 6.09 Å². The fourth-order valence-corrected chi connectivity index (χ4v) is 2.65. The highest BCUT2D eigenvalue weighted by Crippen LogP contribution is 2.16. The van der Waals surface area contributed by atoms with Crippen molar-refractivity contribution in [3.63, 3.8) is 0 Å². The third kappa shape index (κ3) is 3.59. The molecule has 0 spiro atoms. The molecule has 0 bridgehead atoms. The minimum absolute atomic E-state index is 0.162. The van der Waals surface area contributed by atoms with Crippen LogP contribution < -0.4 is 5.32 Å². The molecule has 6 heteroatoms. The van der Waals surface area contributed by atoms with Crippen molar-refractivity contribution >= 4 is 12.0 Å². The maximum absolute atomic E-state index is 12.3. The maximum Gasteiger partial charge on any atom is 0.409 e. The van der Waals surface area contributed by atoms with Gasteiger partial charge in [-0.15, -0.1) is 0 Å². The Morgan fingerprint density at radius 2 is 1.68 bits per heavy atom. The average molecular weight is 269 g/mol. The van der Waals surface area contributed by atoms with Crippen molar-refractivity contribution < 1.29 is 14.3 Å². The van der Waals surface area contributed by atoms with Gasteiger partial charge < -0.3 is 19.9 Å². The van der Waals surface area contributed by atoms with Gasteiger partial charge in [-0.05, 0) is 32.9 Å². The molecule has 0 aromatic rings. The molecule has 0 aromatic carbocycles. The standard InChI is InChI=1S/C13H23N3O3/c1-2-19-13(18)16-9-7-15(8-10-16)12(17)11-3-5-14-6-4-11/h11,14H,2-10H2,1H3. The van der Waals surface area contributed by atoms with Gasteiger partial charge in [0.25, 0.3) is 0 Å². The first kappa shape index (κ1) is 14.1. The zero-order valence-corrected chi connectivity index (χ0v) is 11.6. The number of hydrogen-bond acceptors (Lipinski definition) is 4. The number of piperidine rings is 1. The van der Waals surface area contributed by atoms with Crippen molar-refractivity contribution in [2.45, 2.75) is 19.8 Å². The van der Waals surface area contributed by atoms with Crippen molar-refractivity contribution in [3.8, 4) is 0 Å². The molecule has 6 nitrogen and oxygen atoms in total. The van der Waals surface area contributed by atoms with E-state index in [0.29, 0.717) is 32.8 Å². The number of ether oxygens (including phenoxy) is 1. The Morgan fingerprint density at radius 3 is 2.26 bits per heavy atom. The fourth-order valence-electron chi connectivity index (χ4n) is 2.65. The van der Waals surface area contributed by atoms with Crippen molar-refractivity contribution in [2.24, 2.45) is 5.92 Å². The fraction of sp³-hybridized carbons (Fsp3) is 0.846. The van der Waals surface area contributed by atoms with Crippen LogP contribution in [0, 0.1) is 5.92 Å². The van der Waals surface area contributed by atoms with Crippen LogP contribution in [0.15, 0.2) is 0 Å². The lowest BCUT2D eigenvalue weighted by molar-refractivity contribution is -0.138. The van der Waals surface area contributed by atoms with Crippen LogP contribution in [-0.2, 0) is 9.53 Å². The second-order valence-electron chi connectivity index (χ2n) is 5.04. The van der Waals surface area contributed by atoms with Crippen LogP contribution in [0.25, 0.3) is 0 Å². The molecule has 2 aliphatic rings. The molecule has 0 radical (unpaired) electrons. The first-order valence-electron chi connectivity index (χ1n) is 7.13. The summed E-state index contributed by atoms with van der Waals surface area (Å²) in [6, 6.07) is 0. The highest BCUT2D eigenvalue weighted by atomic mass is 16.6. The predicted molar refractivity (Wildman–Crippen MR) is 70.8 cm³/mol. The molecule has 0 unspecified atom stereocenters. The molecule has 0 aromatic heterocycles. The van der Waals surface area contributed by atoms with Crippen molar-refractivity contribution in [1.82, 2.24) is 15.1 Å². The van der Waals surface area contributed by atoms with Crippen LogP contribution >= 0.6 is 0 Å². The summed E-state index contributed by atoms with van der Waals surface area (Å²) in [6.07, 6.45) is 1.59. The average Bonchev–Trinajstić information content (AvgIpc) is 2.48.